The molecule has 0 amide bonds. The van der Waals surface area contributed by atoms with Crippen molar-refractivity contribution in [2.45, 2.75) is 128 Å². The van der Waals surface area contributed by atoms with Crippen LogP contribution in [-0.4, -0.2) is 60.4 Å². The Morgan fingerprint density at radius 1 is 0.794 bits per heavy atom. The fourth-order valence-electron chi connectivity index (χ4n) is 5.28. The summed E-state index contributed by atoms with van der Waals surface area (Å²) < 4.78 is 24.0. The van der Waals surface area contributed by atoms with Gasteiger partial charge in [-0.15, -0.1) is 0 Å². The summed E-state index contributed by atoms with van der Waals surface area (Å²) in [4.78, 5) is 0. The first-order valence-electron chi connectivity index (χ1n) is 13.9. The zero-order valence-electron chi connectivity index (χ0n) is 22.2. The van der Waals surface area contributed by atoms with Gasteiger partial charge in [-0.1, -0.05) is 64.0 Å². The minimum atomic E-state index is -0.779. The van der Waals surface area contributed by atoms with Crippen LogP contribution in [0.1, 0.15) is 111 Å². The average molecular weight is 485 g/mol. The number of aliphatic hydroxyl groups excluding tert-OH is 2. The molecule has 200 valence electrons. The van der Waals surface area contributed by atoms with Crippen LogP contribution in [0.25, 0.3) is 0 Å². The van der Waals surface area contributed by atoms with Crippen LogP contribution in [0.4, 0.5) is 0 Å². The number of hydrogen-bond donors (Lipinski definition) is 2. The molecule has 2 aliphatic heterocycles. The highest BCUT2D eigenvalue weighted by molar-refractivity contribution is 5.03. The van der Waals surface area contributed by atoms with Crippen LogP contribution in [0.2, 0.25) is 0 Å². The summed E-state index contributed by atoms with van der Waals surface area (Å²) in [7, 11) is 0. The molecular formula is C28H52O6. The lowest BCUT2D eigenvalue weighted by atomic mass is 9.83. The third-order valence-corrected chi connectivity index (χ3v) is 7.31. The summed E-state index contributed by atoms with van der Waals surface area (Å²) in [6, 6.07) is 0. The maximum Gasteiger partial charge on any atom is 0.168 e. The zero-order valence-corrected chi connectivity index (χ0v) is 22.2. The fraction of sp³-hybridized carbons (Fsp3) is 0.929. The Labute approximate surface area is 208 Å². The van der Waals surface area contributed by atoms with E-state index in [4.69, 9.17) is 18.9 Å². The van der Waals surface area contributed by atoms with Crippen LogP contribution in [0.15, 0.2) is 12.2 Å². The first-order valence-corrected chi connectivity index (χ1v) is 13.9. The highest BCUT2D eigenvalue weighted by Gasteiger charge is 2.47. The van der Waals surface area contributed by atoms with Gasteiger partial charge < -0.3 is 29.2 Å². The number of ether oxygens (including phenoxy) is 4. The van der Waals surface area contributed by atoms with E-state index in [0.717, 1.165) is 45.3 Å². The van der Waals surface area contributed by atoms with Crippen molar-refractivity contribution in [2.24, 2.45) is 5.92 Å². The molecular weight excluding hydrogens is 432 g/mol. The summed E-state index contributed by atoms with van der Waals surface area (Å²) >= 11 is 0. The van der Waals surface area contributed by atoms with Gasteiger partial charge in [-0.05, 0) is 39.5 Å². The molecule has 2 saturated heterocycles. The number of allylic oxidation sites excluding steroid dienone is 1. The molecule has 0 aliphatic carbocycles. The van der Waals surface area contributed by atoms with E-state index in [-0.39, 0.29) is 24.9 Å². The van der Waals surface area contributed by atoms with Crippen molar-refractivity contribution in [1.82, 2.24) is 0 Å². The number of rotatable bonds is 18. The van der Waals surface area contributed by atoms with Crippen molar-refractivity contribution in [3.05, 3.63) is 12.2 Å². The summed E-state index contributed by atoms with van der Waals surface area (Å²) in [5.74, 6) is -1.13. The molecule has 0 saturated carbocycles. The molecule has 0 aromatic heterocycles. The van der Waals surface area contributed by atoms with Gasteiger partial charge in [0.05, 0.1) is 26.4 Å². The van der Waals surface area contributed by atoms with Crippen molar-refractivity contribution in [3.63, 3.8) is 0 Å². The third kappa shape index (κ3) is 9.87. The predicted octanol–water partition coefficient (Wildman–Crippen LogP) is 5.89. The van der Waals surface area contributed by atoms with Crippen LogP contribution < -0.4 is 0 Å². The topological polar surface area (TPSA) is 77.4 Å². The zero-order chi connectivity index (χ0) is 24.8. The molecule has 2 atom stereocenters. The first kappa shape index (κ1) is 29.7. The molecule has 2 aliphatic rings. The van der Waals surface area contributed by atoms with Gasteiger partial charge in [0.1, 0.15) is 5.60 Å². The average Bonchev–Trinajstić information content (AvgIpc) is 3.28. The largest absolute Gasteiger partial charge is 0.396 e. The molecule has 2 rings (SSSR count). The molecule has 6 nitrogen and oxygen atoms in total. The van der Waals surface area contributed by atoms with E-state index in [1.54, 1.807) is 0 Å². The molecule has 0 unspecified atom stereocenters. The highest BCUT2D eigenvalue weighted by atomic mass is 16.7. The summed E-state index contributed by atoms with van der Waals surface area (Å²) in [5, 5.41) is 19.6. The lowest BCUT2D eigenvalue weighted by Gasteiger charge is -2.48. The van der Waals surface area contributed by atoms with Crippen LogP contribution in [0, 0.1) is 5.92 Å². The van der Waals surface area contributed by atoms with Gasteiger partial charge in [0.15, 0.2) is 11.6 Å². The van der Waals surface area contributed by atoms with Gasteiger partial charge in [0.2, 0.25) is 0 Å². The van der Waals surface area contributed by atoms with E-state index in [0.29, 0.717) is 13.0 Å². The van der Waals surface area contributed by atoms with Gasteiger partial charge in [0, 0.05) is 31.8 Å². The summed E-state index contributed by atoms with van der Waals surface area (Å²) in [6.45, 7) is 7.78. The van der Waals surface area contributed by atoms with Crippen molar-refractivity contribution >= 4 is 0 Å². The van der Waals surface area contributed by atoms with Gasteiger partial charge in [-0.2, -0.15) is 0 Å². The Morgan fingerprint density at radius 2 is 1.41 bits per heavy atom. The number of hydrogen-bond acceptors (Lipinski definition) is 6. The summed E-state index contributed by atoms with van der Waals surface area (Å²) in [5.41, 5.74) is -0.779. The molecule has 0 aromatic carbocycles. The Hall–Kier alpha value is -0.500. The van der Waals surface area contributed by atoms with Gasteiger partial charge in [0.25, 0.3) is 0 Å². The van der Waals surface area contributed by atoms with Crippen LogP contribution in [0.5, 0.6) is 0 Å². The minimum Gasteiger partial charge on any atom is -0.396 e. The van der Waals surface area contributed by atoms with E-state index >= 15 is 0 Å². The molecule has 0 aromatic rings. The molecule has 0 bridgehead atoms. The molecule has 2 fully saturated rings. The van der Waals surface area contributed by atoms with E-state index in [2.05, 4.69) is 19.1 Å². The Balaban J connectivity index is 1.64. The first-order chi connectivity index (χ1) is 16.4. The van der Waals surface area contributed by atoms with E-state index in [1.165, 1.54) is 51.4 Å². The number of aliphatic hydroxyl groups is 2. The minimum absolute atomic E-state index is 0.0191. The van der Waals surface area contributed by atoms with E-state index in [1.807, 2.05) is 13.8 Å². The van der Waals surface area contributed by atoms with Gasteiger partial charge in [-0.25, -0.2) is 0 Å². The van der Waals surface area contributed by atoms with Crippen molar-refractivity contribution < 1.29 is 29.2 Å². The second-order valence-corrected chi connectivity index (χ2v) is 10.6. The molecule has 2 heterocycles. The molecule has 34 heavy (non-hydrogen) atoms. The van der Waals surface area contributed by atoms with Crippen molar-refractivity contribution in [1.29, 1.82) is 0 Å². The Kier molecular flexibility index (Phi) is 13.6. The molecule has 0 spiro atoms. The quantitative estimate of drug-likeness (QED) is 0.187. The maximum absolute atomic E-state index is 10.0. The van der Waals surface area contributed by atoms with E-state index < -0.39 is 11.4 Å². The molecule has 6 heteroatoms. The normalized spacial score (nSPS) is 26.4. The fourth-order valence-corrected chi connectivity index (χ4v) is 5.28. The SMILES string of the molecule is CCCCCCCCC1(CCCCCC/C=C/[C@@H]2COC(C)(C)O[C@@]2(CO)CCO)OCCO1. The Morgan fingerprint density at radius 3 is 2.03 bits per heavy atom. The molecule has 2 N–H and O–H groups in total. The lowest BCUT2D eigenvalue weighted by molar-refractivity contribution is -0.334. The van der Waals surface area contributed by atoms with Crippen molar-refractivity contribution in [3.8, 4) is 0 Å². The van der Waals surface area contributed by atoms with Crippen molar-refractivity contribution in [2.75, 3.05) is 33.0 Å². The molecule has 0 radical (unpaired) electrons. The monoisotopic (exact) mass is 484 g/mol. The number of unbranched alkanes of at least 4 members (excludes halogenated alkanes) is 9. The third-order valence-electron chi connectivity index (χ3n) is 7.31. The smallest absolute Gasteiger partial charge is 0.168 e. The van der Waals surface area contributed by atoms with Gasteiger partial charge >= 0.3 is 0 Å². The lowest BCUT2D eigenvalue weighted by Crippen LogP contribution is -2.57. The second kappa shape index (κ2) is 15.6. The van der Waals surface area contributed by atoms with E-state index in [9.17, 15) is 10.2 Å². The highest BCUT2D eigenvalue weighted by Crippen LogP contribution is 2.38. The summed E-state index contributed by atoms with van der Waals surface area (Å²) in [6.07, 6.45) is 20.2. The van der Waals surface area contributed by atoms with Gasteiger partial charge in [-0.3, -0.25) is 0 Å². The Bertz CT molecular complexity index is 557. The predicted molar refractivity (Wildman–Crippen MR) is 136 cm³/mol. The van der Waals surface area contributed by atoms with Crippen LogP contribution in [0.3, 0.4) is 0 Å². The standard InChI is InChI=1S/C28H52O6/c1-4-5-6-7-11-14-17-28(31-21-22-32-28)18-15-12-9-8-10-13-16-25-23-33-26(2,3)34-27(25,24-30)19-20-29/h13,16,25,29-30H,4-12,14-15,17-24H2,1-3H3/b16-13+/t25-,27-/m1/s1. The second-order valence-electron chi connectivity index (χ2n) is 10.6. The maximum atomic E-state index is 10.0. The van der Waals surface area contributed by atoms with Crippen LogP contribution in [-0.2, 0) is 18.9 Å². The van der Waals surface area contributed by atoms with Crippen LogP contribution >= 0.6 is 0 Å².